The minimum Gasteiger partial charge on any atom is -0.368 e. The lowest BCUT2D eigenvalue weighted by atomic mass is 10.2. The second kappa shape index (κ2) is 4.58. The number of nitrogens with two attached hydrogens (primary N) is 1. The summed E-state index contributed by atoms with van der Waals surface area (Å²) in [6.07, 6.45) is 0.905. The van der Waals surface area contributed by atoms with Gasteiger partial charge in [0, 0.05) is 25.0 Å². The first-order valence-corrected chi connectivity index (χ1v) is 4.51. The summed E-state index contributed by atoms with van der Waals surface area (Å²) in [5, 5.41) is 0. The smallest absolute Gasteiger partial charge is 0.234 e. The maximum atomic E-state index is 12.9. The van der Waals surface area contributed by atoms with Gasteiger partial charge in [-0.15, -0.1) is 0 Å². The third-order valence-electron chi connectivity index (χ3n) is 2.11. The molecule has 74 valence electrons. The fourth-order valence-electron chi connectivity index (χ4n) is 1.52. The van der Waals surface area contributed by atoms with Crippen molar-refractivity contribution in [1.29, 1.82) is 0 Å². The summed E-state index contributed by atoms with van der Waals surface area (Å²) in [6, 6.07) is -0.483. The maximum absolute atomic E-state index is 12.9. The van der Waals surface area contributed by atoms with Crippen molar-refractivity contribution < 1.29 is 9.18 Å². The van der Waals surface area contributed by atoms with Crippen LogP contribution in [0.15, 0.2) is 11.6 Å². The van der Waals surface area contributed by atoms with E-state index in [1.807, 2.05) is 0 Å². The number of primary amides is 1. The first-order valence-electron chi connectivity index (χ1n) is 4.07. The lowest BCUT2D eigenvalue weighted by Crippen LogP contribution is -2.40. The number of carbonyl (C=O) groups excluding carboxylic acids is 1. The quantitative estimate of drug-likeness (QED) is 0.737. The molecule has 1 aliphatic heterocycles. The highest BCUT2D eigenvalue weighted by Gasteiger charge is 2.34. The Bertz CT molecular complexity index is 222. The van der Waals surface area contributed by atoms with Gasteiger partial charge in [-0.3, -0.25) is 9.69 Å². The molecule has 2 atom stereocenters. The zero-order chi connectivity index (χ0) is 9.84. The van der Waals surface area contributed by atoms with Crippen LogP contribution in [0.4, 0.5) is 4.39 Å². The van der Waals surface area contributed by atoms with Crippen LogP contribution >= 0.6 is 11.6 Å². The highest BCUT2D eigenvalue weighted by molar-refractivity contribution is 6.25. The minimum atomic E-state index is -0.957. The topological polar surface area (TPSA) is 46.3 Å². The van der Waals surface area contributed by atoms with Gasteiger partial charge in [0.1, 0.15) is 6.17 Å². The predicted molar refractivity (Wildman–Crippen MR) is 49.1 cm³/mol. The Labute approximate surface area is 81.3 Å². The Morgan fingerprint density at radius 1 is 1.77 bits per heavy atom. The van der Waals surface area contributed by atoms with Crippen LogP contribution in [0, 0.1) is 0 Å². The number of rotatable bonds is 3. The number of carbonyl (C=O) groups is 1. The molecule has 0 aromatic heterocycles. The van der Waals surface area contributed by atoms with Gasteiger partial charge in [0.15, 0.2) is 0 Å². The van der Waals surface area contributed by atoms with Crippen molar-refractivity contribution in [2.24, 2.45) is 5.73 Å². The lowest BCUT2D eigenvalue weighted by molar-refractivity contribution is -0.122. The van der Waals surface area contributed by atoms with Crippen LogP contribution in [-0.4, -0.2) is 36.1 Å². The molecule has 0 aliphatic carbocycles. The second-order valence-corrected chi connectivity index (χ2v) is 3.32. The second-order valence-electron chi connectivity index (χ2n) is 3.07. The van der Waals surface area contributed by atoms with Crippen molar-refractivity contribution >= 4 is 17.5 Å². The van der Waals surface area contributed by atoms with E-state index < -0.39 is 18.1 Å². The van der Waals surface area contributed by atoms with Crippen LogP contribution in [0.5, 0.6) is 0 Å². The van der Waals surface area contributed by atoms with Crippen LogP contribution in [0.1, 0.15) is 6.42 Å². The van der Waals surface area contributed by atoms with Gasteiger partial charge in [0.25, 0.3) is 0 Å². The van der Waals surface area contributed by atoms with Crippen LogP contribution in [-0.2, 0) is 4.79 Å². The Hall–Kier alpha value is -0.610. The van der Waals surface area contributed by atoms with Crippen LogP contribution in [0.2, 0.25) is 0 Å². The van der Waals surface area contributed by atoms with E-state index in [9.17, 15) is 9.18 Å². The minimum absolute atomic E-state index is 0.200. The molecule has 0 spiro atoms. The SMILES string of the molecule is NC(=O)[C@@H]1C[C@@H](F)CN1C/C=C/Cl. The number of likely N-dealkylation sites (tertiary alicyclic amines) is 1. The summed E-state index contributed by atoms with van der Waals surface area (Å²) in [6.45, 7) is 0.729. The standard InChI is InChI=1S/C8H12ClFN2O/c9-2-1-3-12-5-6(10)4-7(12)8(11)13/h1-2,6-7H,3-5H2,(H2,11,13)/b2-1+/t6-,7+/m1/s1. The van der Waals surface area contributed by atoms with Gasteiger partial charge in [0.05, 0.1) is 6.04 Å². The molecule has 1 fully saturated rings. The number of hydrogen-bond donors (Lipinski definition) is 1. The maximum Gasteiger partial charge on any atom is 0.234 e. The molecule has 1 rings (SSSR count). The molecule has 0 aromatic rings. The van der Waals surface area contributed by atoms with E-state index in [-0.39, 0.29) is 13.0 Å². The first-order chi connectivity index (χ1) is 6.15. The van der Waals surface area contributed by atoms with Gasteiger partial charge in [-0.05, 0) is 0 Å². The highest BCUT2D eigenvalue weighted by atomic mass is 35.5. The van der Waals surface area contributed by atoms with Gasteiger partial charge in [-0.2, -0.15) is 0 Å². The molecule has 0 saturated carbocycles. The molecule has 1 heterocycles. The van der Waals surface area contributed by atoms with Gasteiger partial charge in [-0.25, -0.2) is 4.39 Å². The Morgan fingerprint density at radius 3 is 3.00 bits per heavy atom. The Balaban J connectivity index is 2.55. The molecule has 3 nitrogen and oxygen atoms in total. The van der Waals surface area contributed by atoms with E-state index >= 15 is 0 Å². The van der Waals surface area contributed by atoms with Gasteiger partial charge < -0.3 is 5.73 Å². The molecule has 2 N–H and O–H groups in total. The summed E-state index contributed by atoms with van der Waals surface area (Å²) in [4.78, 5) is 12.6. The van der Waals surface area contributed by atoms with Gasteiger partial charge in [-0.1, -0.05) is 17.7 Å². The molecule has 0 radical (unpaired) electrons. The van der Waals surface area contributed by atoms with Crippen molar-refractivity contribution in [3.8, 4) is 0 Å². The zero-order valence-corrected chi connectivity index (χ0v) is 7.88. The molecule has 1 aliphatic rings. The first kappa shape index (κ1) is 10.5. The Morgan fingerprint density at radius 2 is 2.46 bits per heavy atom. The third kappa shape index (κ3) is 2.67. The molecule has 0 bridgehead atoms. The molecular weight excluding hydrogens is 195 g/mol. The van der Waals surface area contributed by atoms with Gasteiger partial charge in [0.2, 0.25) is 5.91 Å². The van der Waals surface area contributed by atoms with E-state index in [2.05, 4.69) is 0 Å². The van der Waals surface area contributed by atoms with E-state index in [4.69, 9.17) is 17.3 Å². The van der Waals surface area contributed by atoms with Crippen molar-refractivity contribution in [3.63, 3.8) is 0 Å². The molecular formula is C8H12ClFN2O. The van der Waals surface area contributed by atoms with Crippen LogP contribution in [0.3, 0.4) is 0 Å². The molecule has 0 unspecified atom stereocenters. The summed E-state index contributed by atoms with van der Waals surface area (Å²) >= 11 is 5.33. The monoisotopic (exact) mass is 206 g/mol. The van der Waals surface area contributed by atoms with E-state index in [0.29, 0.717) is 6.54 Å². The number of hydrogen-bond acceptors (Lipinski definition) is 2. The van der Waals surface area contributed by atoms with Crippen molar-refractivity contribution in [3.05, 3.63) is 11.6 Å². The summed E-state index contributed by atoms with van der Waals surface area (Å²) in [7, 11) is 0. The normalized spacial score (nSPS) is 30.0. The fraction of sp³-hybridized carbons (Fsp3) is 0.625. The Kier molecular flexibility index (Phi) is 3.69. The third-order valence-corrected chi connectivity index (χ3v) is 2.29. The average Bonchev–Trinajstić information content (AvgIpc) is 2.43. The number of alkyl halides is 1. The number of amides is 1. The van der Waals surface area contributed by atoms with Crippen LogP contribution in [0.25, 0.3) is 0 Å². The van der Waals surface area contributed by atoms with Crippen molar-refractivity contribution in [1.82, 2.24) is 4.90 Å². The van der Waals surface area contributed by atoms with Crippen LogP contribution < -0.4 is 5.73 Å². The molecule has 13 heavy (non-hydrogen) atoms. The highest BCUT2D eigenvalue weighted by Crippen LogP contribution is 2.19. The number of halogens is 2. The molecule has 1 amide bonds. The predicted octanol–water partition coefficient (Wildman–Crippen LogP) is 0.637. The molecule has 5 heteroatoms. The summed E-state index contributed by atoms with van der Waals surface area (Å²) in [5.74, 6) is -0.469. The van der Waals surface area contributed by atoms with Crippen molar-refractivity contribution in [2.45, 2.75) is 18.6 Å². The molecule has 1 saturated heterocycles. The lowest BCUT2D eigenvalue weighted by Gasteiger charge is -2.18. The van der Waals surface area contributed by atoms with E-state index in [0.717, 1.165) is 0 Å². The summed E-state index contributed by atoms with van der Waals surface area (Å²) < 4.78 is 12.9. The summed E-state index contributed by atoms with van der Waals surface area (Å²) in [5.41, 5.74) is 6.47. The largest absolute Gasteiger partial charge is 0.368 e. The van der Waals surface area contributed by atoms with E-state index in [1.54, 1.807) is 11.0 Å². The van der Waals surface area contributed by atoms with E-state index in [1.165, 1.54) is 5.54 Å². The number of nitrogens with zero attached hydrogens (tertiary/aromatic N) is 1. The average molecular weight is 207 g/mol. The zero-order valence-electron chi connectivity index (χ0n) is 7.12. The van der Waals surface area contributed by atoms with Gasteiger partial charge >= 0.3 is 0 Å². The van der Waals surface area contributed by atoms with Crippen molar-refractivity contribution in [2.75, 3.05) is 13.1 Å². The fourth-order valence-corrected chi connectivity index (χ4v) is 1.60. The molecule has 0 aromatic carbocycles.